The summed E-state index contributed by atoms with van der Waals surface area (Å²) in [4.78, 5) is 8.98. The molecule has 0 fully saturated rings. The topological polar surface area (TPSA) is 37.8 Å². The first-order chi connectivity index (χ1) is 7.69. The Kier molecular flexibility index (Phi) is 5.23. The van der Waals surface area contributed by atoms with Gasteiger partial charge in [0.25, 0.3) is 0 Å². The maximum atomic E-state index is 4.53. The fraction of sp³-hybridized carbons (Fsp3) is 0.692. The predicted molar refractivity (Wildman–Crippen MR) is 68.9 cm³/mol. The molecule has 0 aliphatic rings. The molecule has 3 nitrogen and oxygen atoms in total. The van der Waals surface area contributed by atoms with Crippen LogP contribution in [0.3, 0.4) is 0 Å². The summed E-state index contributed by atoms with van der Waals surface area (Å²) in [5, 5.41) is 3.37. The summed E-state index contributed by atoms with van der Waals surface area (Å²) in [6, 6.07) is 0. The summed E-state index contributed by atoms with van der Waals surface area (Å²) in [6.07, 6.45) is 4.59. The average molecular weight is 221 g/mol. The van der Waals surface area contributed by atoms with Crippen molar-refractivity contribution < 1.29 is 0 Å². The molecule has 0 aliphatic heterocycles. The second kappa shape index (κ2) is 6.46. The minimum absolute atomic E-state index is 0.871. The van der Waals surface area contributed by atoms with Crippen molar-refractivity contribution in [1.82, 2.24) is 9.97 Å². The van der Waals surface area contributed by atoms with Crippen LogP contribution in [0, 0.1) is 13.8 Å². The van der Waals surface area contributed by atoms with Gasteiger partial charge in [-0.3, -0.25) is 0 Å². The Morgan fingerprint density at radius 1 is 1.06 bits per heavy atom. The molecular weight excluding hydrogens is 198 g/mol. The molecular formula is C13H23N3. The van der Waals surface area contributed by atoms with E-state index in [9.17, 15) is 0 Å². The van der Waals surface area contributed by atoms with Crippen molar-refractivity contribution in [3.05, 3.63) is 17.1 Å². The van der Waals surface area contributed by atoms with Crippen LogP contribution in [-0.2, 0) is 6.42 Å². The van der Waals surface area contributed by atoms with Crippen LogP contribution in [0.1, 0.15) is 50.2 Å². The SMILES string of the molecule is CCCCc1nc(C)nc(NCCC)c1C. The first-order valence-corrected chi connectivity index (χ1v) is 6.27. The second-order valence-electron chi connectivity index (χ2n) is 4.22. The van der Waals surface area contributed by atoms with E-state index in [-0.39, 0.29) is 0 Å². The minimum Gasteiger partial charge on any atom is -0.370 e. The third-order valence-corrected chi connectivity index (χ3v) is 2.67. The second-order valence-corrected chi connectivity index (χ2v) is 4.22. The van der Waals surface area contributed by atoms with Gasteiger partial charge in [0.05, 0.1) is 0 Å². The van der Waals surface area contributed by atoms with Gasteiger partial charge in [-0.05, 0) is 33.1 Å². The van der Waals surface area contributed by atoms with E-state index in [1.807, 2.05) is 6.92 Å². The Labute approximate surface area is 98.7 Å². The van der Waals surface area contributed by atoms with Crippen molar-refractivity contribution in [3.63, 3.8) is 0 Å². The zero-order valence-electron chi connectivity index (χ0n) is 10.9. The van der Waals surface area contributed by atoms with Crippen molar-refractivity contribution >= 4 is 5.82 Å². The molecule has 1 rings (SSSR count). The molecule has 3 heteroatoms. The Bertz CT molecular complexity index is 305. The van der Waals surface area contributed by atoms with E-state index in [4.69, 9.17) is 0 Å². The van der Waals surface area contributed by atoms with Crippen LogP contribution in [0.2, 0.25) is 0 Å². The lowest BCUT2D eigenvalue weighted by Crippen LogP contribution is -2.09. The van der Waals surface area contributed by atoms with Gasteiger partial charge >= 0.3 is 0 Å². The van der Waals surface area contributed by atoms with E-state index in [0.717, 1.165) is 31.0 Å². The maximum absolute atomic E-state index is 4.53. The van der Waals surface area contributed by atoms with Crippen LogP contribution in [0.25, 0.3) is 0 Å². The molecule has 0 atom stereocenters. The zero-order valence-corrected chi connectivity index (χ0v) is 10.9. The molecule has 0 radical (unpaired) electrons. The molecule has 0 aromatic carbocycles. The molecule has 0 saturated heterocycles. The Balaban J connectivity index is 2.86. The van der Waals surface area contributed by atoms with Crippen molar-refractivity contribution in [2.24, 2.45) is 0 Å². The largest absolute Gasteiger partial charge is 0.370 e. The van der Waals surface area contributed by atoms with Crippen molar-refractivity contribution in [1.29, 1.82) is 0 Å². The summed E-state index contributed by atoms with van der Waals surface area (Å²) in [6.45, 7) is 9.42. The molecule has 1 heterocycles. The summed E-state index contributed by atoms with van der Waals surface area (Å²) < 4.78 is 0. The molecule has 1 N–H and O–H groups in total. The number of hydrogen-bond acceptors (Lipinski definition) is 3. The third-order valence-electron chi connectivity index (χ3n) is 2.67. The molecule has 0 unspecified atom stereocenters. The summed E-state index contributed by atoms with van der Waals surface area (Å²) in [5.74, 6) is 1.88. The molecule has 90 valence electrons. The fourth-order valence-corrected chi connectivity index (χ4v) is 1.69. The van der Waals surface area contributed by atoms with E-state index in [2.05, 4.69) is 36.1 Å². The maximum Gasteiger partial charge on any atom is 0.132 e. The van der Waals surface area contributed by atoms with Gasteiger partial charge in [0, 0.05) is 17.8 Å². The number of unbranched alkanes of at least 4 members (excludes halogenated alkanes) is 1. The van der Waals surface area contributed by atoms with Crippen molar-refractivity contribution in [2.75, 3.05) is 11.9 Å². The quantitative estimate of drug-likeness (QED) is 0.801. The van der Waals surface area contributed by atoms with E-state index in [0.29, 0.717) is 0 Å². The lowest BCUT2D eigenvalue weighted by Gasteiger charge is -2.12. The number of aromatic nitrogens is 2. The standard InChI is InChI=1S/C13H23N3/c1-5-7-8-12-10(3)13(14-9-6-2)16-11(4)15-12/h5-9H2,1-4H3,(H,14,15,16). The number of nitrogens with zero attached hydrogens (tertiary/aromatic N) is 2. The molecule has 16 heavy (non-hydrogen) atoms. The molecule has 0 aliphatic carbocycles. The van der Waals surface area contributed by atoms with Gasteiger partial charge in [0.15, 0.2) is 0 Å². The van der Waals surface area contributed by atoms with E-state index in [1.165, 1.54) is 24.1 Å². The first kappa shape index (κ1) is 12.9. The highest BCUT2D eigenvalue weighted by Gasteiger charge is 2.07. The van der Waals surface area contributed by atoms with Gasteiger partial charge in [-0.25, -0.2) is 9.97 Å². The highest BCUT2D eigenvalue weighted by atomic mass is 15.0. The van der Waals surface area contributed by atoms with Crippen LogP contribution in [0.4, 0.5) is 5.82 Å². The average Bonchev–Trinajstić information content (AvgIpc) is 2.28. The van der Waals surface area contributed by atoms with Gasteiger partial charge in [-0.15, -0.1) is 0 Å². The Morgan fingerprint density at radius 3 is 2.44 bits per heavy atom. The molecule has 1 aromatic heterocycles. The monoisotopic (exact) mass is 221 g/mol. The first-order valence-electron chi connectivity index (χ1n) is 6.27. The predicted octanol–water partition coefficient (Wildman–Crippen LogP) is 3.26. The van der Waals surface area contributed by atoms with Gasteiger partial charge < -0.3 is 5.32 Å². The third kappa shape index (κ3) is 3.47. The number of hydrogen-bond donors (Lipinski definition) is 1. The van der Waals surface area contributed by atoms with Gasteiger partial charge in [-0.2, -0.15) is 0 Å². The molecule has 1 aromatic rings. The number of aryl methyl sites for hydroxylation is 2. The Morgan fingerprint density at radius 2 is 1.81 bits per heavy atom. The molecule has 0 spiro atoms. The number of rotatable bonds is 6. The molecule has 0 saturated carbocycles. The molecule has 0 amide bonds. The lowest BCUT2D eigenvalue weighted by atomic mass is 10.1. The number of anilines is 1. The highest BCUT2D eigenvalue weighted by molar-refractivity contribution is 5.45. The van der Waals surface area contributed by atoms with E-state index >= 15 is 0 Å². The minimum atomic E-state index is 0.871. The summed E-state index contributed by atoms with van der Waals surface area (Å²) in [5.41, 5.74) is 2.42. The van der Waals surface area contributed by atoms with Gasteiger partial charge in [0.2, 0.25) is 0 Å². The van der Waals surface area contributed by atoms with E-state index in [1.54, 1.807) is 0 Å². The molecule has 0 bridgehead atoms. The summed E-state index contributed by atoms with van der Waals surface area (Å²) >= 11 is 0. The van der Waals surface area contributed by atoms with Crippen LogP contribution in [-0.4, -0.2) is 16.5 Å². The fourth-order valence-electron chi connectivity index (χ4n) is 1.69. The highest BCUT2D eigenvalue weighted by Crippen LogP contribution is 2.17. The number of nitrogens with one attached hydrogen (secondary N) is 1. The van der Waals surface area contributed by atoms with Gasteiger partial charge in [-0.1, -0.05) is 20.3 Å². The van der Waals surface area contributed by atoms with Crippen LogP contribution < -0.4 is 5.32 Å². The van der Waals surface area contributed by atoms with Crippen LogP contribution in [0.5, 0.6) is 0 Å². The summed E-state index contributed by atoms with van der Waals surface area (Å²) in [7, 11) is 0. The Hall–Kier alpha value is -1.12. The van der Waals surface area contributed by atoms with Crippen molar-refractivity contribution in [3.8, 4) is 0 Å². The zero-order chi connectivity index (χ0) is 12.0. The lowest BCUT2D eigenvalue weighted by molar-refractivity contribution is 0.761. The van der Waals surface area contributed by atoms with Crippen LogP contribution >= 0.6 is 0 Å². The van der Waals surface area contributed by atoms with Crippen molar-refractivity contribution in [2.45, 2.75) is 53.4 Å². The normalized spacial score (nSPS) is 10.5. The van der Waals surface area contributed by atoms with Crippen LogP contribution in [0.15, 0.2) is 0 Å². The van der Waals surface area contributed by atoms with Gasteiger partial charge in [0.1, 0.15) is 11.6 Å². The van der Waals surface area contributed by atoms with E-state index < -0.39 is 0 Å². The smallest absolute Gasteiger partial charge is 0.132 e.